The van der Waals surface area contributed by atoms with Gasteiger partial charge in [0.2, 0.25) is 0 Å². The second-order valence-electron chi connectivity index (χ2n) is 15.8. The van der Waals surface area contributed by atoms with Crippen molar-refractivity contribution >= 4 is 11.9 Å². The highest BCUT2D eigenvalue weighted by atomic mass is 16.6. The maximum Gasteiger partial charge on any atom is 0.339 e. The number of esters is 2. The number of cyclic esters (lactones) is 1. The lowest BCUT2D eigenvalue weighted by atomic mass is 9.28. The summed E-state index contributed by atoms with van der Waals surface area (Å²) in [5, 5.41) is 0. The van der Waals surface area contributed by atoms with Crippen molar-refractivity contribution in [1.82, 2.24) is 0 Å². The first-order valence-corrected chi connectivity index (χ1v) is 18.8. The van der Waals surface area contributed by atoms with Gasteiger partial charge in [0.1, 0.15) is 11.2 Å². The molecule has 7 unspecified atom stereocenters. The van der Waals surface area contributed by atoms with Crippen LogP contribution in [0.5, 0.6) is 0 Å². The van der Waals surface area contributed by atoms with Gasteiger partial charge in [0.15, 0.2) is 5.60 Å². The number of allylic oxidation sites excluding steroid dienone is 4. The molecule has 2 aliphatic heterocycles. The Hall–Kier alpha value is -2.66. The molecule has 0 radical (unpaired) electrons. The summed E-state index contributed by atoms with van der Waals surface area (Å²) in [7, 11) is 0. The zero-order valence-corrected chi connectivity index (χ0v) is 28.1. The summed E-state index contributed by atoms with van der Waals surface area (Å²) in [6.07, 6.45) is 24.1. The van der Waals surface area contributed by atoms with E-state index >= 15 is 0 Å². The molecule has 1 aromatic carbocycles. The highest BCUT2D eigenvalue weighted by Crippen LogP contribution is 2.87. The Kier molecular flexibility index (Phi) is 7.66. The lowest BCUT2D eigenvalue weighted by molar-refractivity contribution is -0.277. The number of ether oxygens (including phenoxy) is 2. The monoisotopic (exact) mass is 623 g/mol. The van der Waals surface area contributed by atoms with E-state index in [2.05, 4.69) is 50.3 Å². The molecule has 8 rings (SSSR count). The van der Waals surface area contributed by atoms with Crippen LogP contribution in [0, 0.1) is 40.4 Å². The van der Waals surface area contributed by atoms with Crippen molar-refractivity contribution in [3.63, 3.8) is 0 Å². The average Bonchev–Trinajstić information content (AvgIpc) is 3.52. The van der Waals surface area contributed by atoms with Crippen LogP contribution in [0.25, 0.3) is 0 Å². The van der Waals surface area contributed by atoms with Gasteiger partial charge in [-0.25, -0.2) is 4.79 Å². The predicted molar refractivity (Wildman–Crippen MR) is 180 cm³/mol. The Balaban J connectivity index is 1.31. The summed E-state index contributed by atoms with van der Waals surface area (Å²) in [6.45, 7) is 5.20. The van der Waals surface area contributed by atoms with E-state index < -0.39 is 16.4 Å². The van der Waals surface area contributed by atoms with E-state index in [1.807, 2.05) is 0 Å². The van der Waals surface area contributed by atoms with Gasteiger partial charge in [0.25, 0.3) is 0 Å². The number of hydrogen-bond acceptors (Lipinski definition) is 5. The summed E-state index contributed by atoms with van der Waals surface area (Å²) in [5.41, 5.74) is 9.21. The molecule has 5 nitrogen and oxygen atoms in total. The first-order valence-electron chi connectivity index (χ1n) is 18.8. The van der Waals surface area contributed by atoms with Crippen molar-refractivity contribution in [3.05, 3.63) is 70.0 Å². The predicted octanol–water partition coefficient (Wildman–Crippen LogP) is 8.86. The van der Waals surface area contributed by atoms with E-state index in [1.54, 1.807) is 0 Å². The zero-order chi connectivity index (χ0) is 31.7. The average molecular weight is 624 g/mol. The van der Waals surface area contributed by atoms with Gasteiger partial charge < -0.3 is 15.2 Å². The van der Waals surface area contributed by atoms with Crippen LogP contribution in [0.1, 0.15) is 132 Å². The molecule has 7 aliphatic rings. The first-order chi connectivity index (χ1) is 22.5. The van der Waals surface area contributed by atoms with Gasteiger partial charge in [0.05, 0.1) is 11.0 Å². The fourth-order valence-corrected chi connectivity index (χ4v) is 12.2. The molecular weight excluding hydrogens is 570 g/mol. The molecule has 3 fully saturated rings. The van der Waals surface area contributed by atoms with E-state index in [0.29, 0.717) is 24.3 Å². The van der Waals surface area contributed by atoms with Gasteiger partial charge >= 0.3 is 11.9 Å². The third-order valence-corrected chi connectivity index (χ3v) is 13.9. The summed E-state index contributed by atoms with van der Waals surface area (Å²) in [5.74, 6) is 2.85. The van der Waals surface area contributed by atoms with Crippen LogP contribution in [0.2, 0.25) is 0 Å². The van der Waals surface area contributed by atoms with Crippen molar-refractivity contribution in [2.75, 3.05) is 6.54 Å². The summed E-state index contributed by atoms with van der Waals surface area (Å²) >= 11 is 0. The maximum atomic E-state index is 14.9. The number of rotatable bonds is 8. The Bertz CT molecular complexity index is 1510. The van der Waals surface area contributed by atoms with Crippen molar-refractivity contribution in [1.29, 1.82) is 0 Å². The Morgan fingerprint density at radius 3 is 2.72 bits per heavy atom. The van der Waals surface area contributed by atoms with Gasteiger partial charge in [-0.1, -0.05) is 93.9 Å². The number of hydrogen-bond donors (Lipinski definition) is 1. The minimum absolute atomic E-state index is 0.0669. The summed E-state index contributed by atoms with van der Waals surface area (Å²) < 4.78 is 13.6. The molecule has 2 saturated carbocycles. The lowest BCUT2D eigenvalue weighted by Crippen LogP contribution is -2.77. The van der Waals surface area contributed by atoms with Crippen LogP contribution >= 0.6 is 0 Å². The Morgan fingerprint density at radius 2 is 1.91 bits per heavy atom. The topological polar surface area (TPSA) is 78.6 Å². The maximum absolute atomic E-state index is 14.9. The highest BCUT2D eigenvalue weighted by Gasteiger charge is 2.92. The number of carbonyl (C=O) groups excluding carboxylic acids is 2. The Morgan fingerprint density at radius 1 is 1.07 bits per heavy atom. The number of benzene rings is 1. The highest BCUT2D eigenvalue weighted by molar-refractivity contribution is 6.00. The van der Waals surface area contributed by atoms with E-state index in [0.717, 1.165) is 99.0 Å². The van der Waals surface area contributed by atoms with Gasteiger partial charge in [-0.2, -0.15) is 0 Å². The van der Waals surface area contributed by atoms with E-state index in [4.69, 9.17) is 15.2 Å². The molecule has 0 aromatic heterocycles. The van der Waals surface area contributed by atoms with Crippen molar-refractivity contribution in [2.24, 2.45) is 46.2 Å². The SMILES string of the molecule is CCCC1C23C(=O)OC(=CCCC4CCCCC4)C2(CCC2=C3CCC3C(C)CC=CC23)C12OC(=O)c1c(CCCN)cccc12. The Labute approximate surface area is 275 Å². The molecule has 0 bridgehead atoms. The van der Waals surface area contributed by atoms with Crippen LogP contribution in [0.3, 0.4) is 0 Å². The van der Waals surface area contributed by atoms with E-state index in [1.165, 1.54) is 43.3 Å². The van der Waals surface area contributed by atoms with E-state index in [9.17, 15) is 9.59 Å². The molecule has 46 heavy (non-hydrogen) atoms. The van der Waals surface area contributed by atoms with Crippen LogP contribution in [-0.2, 0) is 26.3 Å². The smallest absolute Gasteiger partial charge is 0.339 e. The van der Waals surface area contributed by atoms with Crippen LogP contribution in [0.4, 0.5) is 0 Å². The number of fused-ring (bicyclic) bond motifs is 4. The summed E-state index contributed by atoms with van der Waals surface area (Å²) in [6, 6.07) is 6.32. The molecule has 7 atom stereocenters. The number of carbonyl (C=O) groups is 2. The third kappa shape index (κ3) is 3.84. The van der Waals surface area contributed by atoms with Crippen LogP contribution in [0.15, 0.2) is 53.3 Å². The standard InChI is InChI=1S/C41H53NO4/c1-3-11-34-40-32-22-21-29-26(2)12-7-18-30(29)31(32)23-24-39(40,35(45-38(40)44)20-8-15-27-13-5-4-6-14-27)41(34)33-19-9-16-28(17-10-25-42)36(33)37(43)46-41/h7,9,16,18-20,26-27,29-30,34H,3-6,8,10-15,17,21-25,42H2,1-2H3. The number of aryl methyl sites for hydroxylation is 1. The molecular formula is C41H53NO4. The molecule has 5 aliphatic carbocycles. The molecule has 2 N–H and O–H groups in total. The summed E-state index contributed by atoms with van der Waals surface area (Å²) in [4.78, 5) is 29.1. The largest absolute Gasteiger partial charge is 0.449 e. The normalized spacial score (nSPS) is 38.5. The second kappa shape index (κ2) is 11.5. The van der Waals surface area contributed by atoms with Gasteiger partial charge in [0, 0.05) is 17.4 Å². The third-order valence-electron chi connectivity index (χ3n) is 13.9. The fraction of sp³-hybridized carbons (Fsp3) is 0.659. The molecule has 0 amide bonds. The number of nitrogens with two attached hydrogens (primary N) is 1. The molecule has 1 aromatic rings. The molecule has 1 spiro atoms. The van der Waals surface area contributed by atoms with Gasteiger partial charge in [-0.15, -0.1) is 0 Å². The van der Waals surface area contributed by atoms with Crippen molar-refractivity contribution in [3.8, 4) is 0 Å². The quantitative estimate of drug-likeness (QED) is 0.231. The second-order valence-corrected chi connectivity index (χ2v) is 15.8. The van der Waals surface area contributed by atoms with Crippen molar-refractivity contribution in [2.45, 2.75) is 122 Å². The van der Waals surface area contributed by atoms with E-state index in [-0.39, 0.29) is 17.9 Å². The molecule has 2 heterocycles. The zero-order valence-electron chi connectivity index (χ0n) is 28.1. The lowest BCUT2D eigenvalue weighted by Gasteiger charge is -2.71. The minimum Gasteiger partial charge on any atom is -0.449 e. The van der Waals surface area contributed by atoms with Crippen molar-refractivity contribution < 1.29 is 19.1 Å². The molecule has 1 saturated heterocycles. The minimum atomic E-state index is -0.887. The van der Waals surface area contributed by atoms with Crippen LogP contribution < -0.4 is 5.73 Å². The van der Waals surface area contributed by atoms with Gasteiger partial charge in [-0.3, -0.25) is 4.79 Å². The first kappa shape index (κ1) is 30.7. The van der Waals surface area contributed by atoms with Crippen LogP contribution in [-0.4, -0.2) is 18.5 Å². The molecule has 246 valence electrons. The fourth-order valence-electron chi connectivity index (χ4n) is 12.2. The van der Waals surface area contributed by atoms with Gasteiger partial charge in [-0.05, 0) is 100 Å². The molecule has 5 heteroatoms.